The van der Waals surface area contributed by atoms with Gasteiger partial charge in [0.2, 0.25) is 5.89 Å². The molecule has 0 bridgehead atoms. The van der Waals surface area contributed by atoms with E-state index in [4.69, 9.17) is 4.42 Å². The molecule has 28 heavy (non-hydrogen) atoms. The zero-order chi connectivity index (χ0) is 19.1. The standard InChI is InChI=1S/C21H23FN4O.HI/c1-3-23-21(24-12-16-6-10-18(22)11-7-16)25-13-19-14-27-20(26-19)17-8-4-15(2)5-9-17;/h4-11,14H,3,12-13H2,1-2H3,(H2,23,24,25);1H. The maximum absolute atomic E-state index is 13.0. The minimum absolute atomic E-state index is 0. The van der Waals surface area contributed by atoms with Crippen LogP contribution in [-0.4, -0.2) is 17.5 Å². The van der Waals surface area contributed by atoms with E-state index in [-0.39, 0.29) is 29.8 Å². The van der Waals surface area contributed by atoms with Gasteiger partial charge in [-0.25, -0.2) is 14.4 Å². The average molecular weight is 494 g/mol. The highest BCUT2D eigenvalue weighted by molar-refractivity contribution is 14.0. The van der Waals surface area contributed by atoms with Gasteiger partial charge in [-0.2, -0.15) is 0 Å². The number of aromatic nitrogens is 1. The number of aryl methyl sites for hydroxylation is 1. The summed E-state index contributed by atoms with van der Waals surface area (Å²) in [5.41, 5.74) is 3.87. The van der Waals surface area contributed by atoms with E-state index in [2.05, 4.69) is 20.6 Å². The number of guanidine groups is 1. The van der Waals surface area contributed by atoms with Crippen LogP contribution in [-0.2, 0) is 13.1 Å². The number of nitrogens with zero attached hydrogens (tertiary/aromatic N) is 2. The Hall–Kier alpha value is -2.42. The molecule has 0 aliphatic rings. The van der Waals surface area contributed by atoms with Crippen LogP contribution in [0.5, 0.6) is 0 Å². The molecule has 0 fully saturated rings. The summed E-state index contributed by atoms with van der Waals surface area (Å²) >= 11 is 0. The quantitative estimate of drug-likeness (QED) is 0.297. The third-order valence-electron chi connectivity index (χ3n) is 3.96. The first-order chi connectivity index (χ1) is 13.1. The van der Waals surface area contributed by atoms with Crippen LogP contribution in [0.2, 0.25) is 0 Å². The van der Waals surface area contributed by atoms with Crippen LogP contribution >= 0.6 is 24.0 Å². The first-order valence-corrected chi connectivity index (χ1v) is 8.92. The van der Waals surface area contributed by atoms with Crippen molar-refractivity contribution in [3.8, 4) is 11.5 Å². The highest BCUT2D eigenvalue weighted by Gasteiger charge is 2.07. The number of benzene rings is 2. The lowest BCUT2D eigenvalue weighted by molar-refractivity contribution is 0.572. The summed E-state index contributed by atoms with van der Waals surface area (Å²) in [5, 5.41) is 6.42. The van der Waals surface area contributed by atoms with Crippen molar-refractivity contribution in [1.29, 1.82) is 0 Å². The predicted molar refractivity (Wildman–Crippen MR) is 120 cm³/mol. The number of rotatable bonds is 6. The Kier molecular flexibility index (Phi) is 8.43. The van der Waals surface area contributed by atoms with Gasteiger partial charge in [-0.3, -0.25) is 0 Å². The van der Waals surface area contributed by atoms with E-state index in [9.17, 15) is 4.39 Å². The number of halogens is 2. The van der Waals surface area contributed by atoms with Crippen LogP contribution in [0.4, 0.5) is 4.39 Å². The van der Waals surface area contributed by atoms with Gasteiger partial charge in [0.15, 0.2) is 5.96 Å². The second-order valence-corrected chi connectivity index (χ2v) is 6.19. The Balaban J connectivity index is 0.00000280. The highest BCUT2D eigenvalue weighted by Crippen LogP contribution is 2.19. The summed E-state index contributed by atoms with van der Waals surface area (Å²) in [6.07, 6.45) is 1.64. The lowest BCUT2D eigenvalue weighted by Gasteiger charge is -2.10. The summed E-state index contributed by atoms with van der Waals surface area (Å²) in [4.78, 5) is 9.03. The van der Waals surface area contributed by atoms with E-state index in [0.29, 0.717) is 24.9 Å². The van der Waals surface area contributed by atoms with Crippen LogP contribution in [0.25, 0.3) is 11.5 Å². The zero-order valence-electron chi connectivity index (χ0n) is 15.9. The Morgan fingerprint density at radius 3 is 2.46 bits per heavy atom. The van der Waals surface area contributed by atoms with Crippen molar-refractivity contribution in [1.82, 2.24) is 15.6 Å². The average Bonchev–Trinajstić information content (AvgIpc) is 3.15. The van der Waals surface area contributed by atoms with Gasteiger partial charge in [-0.1, -0.05) is 29.8 Å². The first kappa shape index (κ1) is 21.9. The Labute approximate surface area is 181 Å². The van der Waals surface area contributed by atoms with Crippen LogP contribution in [0.15, 0.2) is 64.2 Å². The third kappa shape index (κ3) is 6.33. The summed E-state index contributed by atoms with van der Waals surface area (Å²) in [5.74, 6) is 1.02. The molecule has 0 aliphatic heterocycles. The molecule has 0 atom stereocenters. The van der Waals surface area contributed by atoms with E-state index >= 15 is 0 Å². The topological polar surface area (TPSA) is 62.5 Å². The molecule has 1 heterocycles. The number of aliphatic imine (C=N–C) groups is 1. The van der Waals surface area contributed by atoms with Gasteiger partial charge in [0.05, 0.1) is 18.8 Å². The van der Waals surface area contributed by atoms with Gasteiger partial charge in [-0.15, -0.1) is 24.0 Å². The van der Waals surface area contributed by atoms with Crippen molar-refractivity contribution in [2.45, 2.75) is 26.9 Å². The van der Waals surface area contributed by atoms with E-state index in [1.54, 1.807) is 18.4 Å². The molecule has 1 aromatic heterocycles. The van der Waals surface area contributed by atoms with Crippen molar-refractivity contribution in [2.24, 2.45) is 4.99 Å². The van der Waals surface area contributed by atoms with Crippen LogP contribution in [0.1, 0.15) is 23.7 Å². The summed E-state index contributed by atoms with van der Waals surface area (Å²) in [6.45, 7) is 5.74. The zero-order valence-corrected chi connectivity index (χ0v) is 18.2. The lowest BCUT2D eigenvalue weighted by atomic mass is 10.1. The van der Waals surface area contributed by atoms with Gasteiger partial charge >= 0.3 is 0 Å². The summed E-state index contributed by atoms with van der Waals surface area (Å²) < 4.78 is 18.6. The molecule has 148 valence electrons. The second kappa shape index (κ2) is 10.8. The molecular formula is C21H24FIN4O. The maximum atomic E-state index is 13.0. The van der Waals surface area contributed by atoms with Crippen molar-refractivity contribution in [3.05, 3.63) is 77.4 Å². The van der Waals surface area contributed by atoms with E-state index < -0.39 is 0 Å². The molecule has 0 saturated heterocycles. The Bertz CT molecular complexity index is 892. The van der Waals surface area contributed by atoms with Crippen molar-refractivity contribution >= 4 is 29.9 Å². The highest BCUT2D eigenvalue weighted by atomic mass is 127. The first-order valence-electron chi connectivity index (χ1n) is 8.92. The van der Waals surface area contributed by atoms with E-state index in [0.717, 1.165) is 23.4 Å². The molecule has 0 radical (unpaired) electrons. The molecule has 0 saturated carbocycles. The van der Waals surface area contributed by atoms with Gasteiger partial charge in [-0.05, 0) is 43.7 Å². The van der Waals surface area contributed by atoms with Gasteiger partial charge in [0, 0.05) is 12.1 Å². The fraction of sp³-hybridized carbons (Fsp3) is 0.238. The molecule has 0 amide bonds. The smallest absolute Gasteiger partial charge is 0.226 e. The SMILES string of the molecule is CCNC(=NCc1ccc(F)cc1)NCc1coc(-c2ccc(C)cc2)n1.I. The molecule has 5 nitrogen and oxygen atoms in total. The fourth-order valence-corrected chi connectivity index (χ4v) is 2.49. The second-order valence-electron chi connectivity index (χ2n) is 6.19. The van der Waals surface area contributed by atoms with Gasteiger partial charge < -0.3 is 15.1 Å². The minimum Gasteiger partial charge on any atom is -0.444 e. The van der Waals surface area contributed by atoms with E-state index in [1.165, 1.54) is 17.7 Å². The number of hydrogen-bond acceptors (Lipinski definition) is 3. The van der Waals surface area contributed by atoms with Crippen LogP contribution in [0.3, 0.4) is 0 Å². The summed E-state index contributed by atoms with van der Waals surface area (Å²) in [7, 11) is 0. The molecule has 2 N–H and O–H groups in total. The van der Waals surface area contributed by atoms with Crippen LogP contribution in [0, 0.1) is 12.7 Å². The predicted octanol–water partition coefficient (Wildman–Crippen LogP) is 4.66. The molecular weight excluding hydrogens is 470 g/mol. The van der Waals surface area contributed by atoms with Crippen molar-refractivity contribution < 1.29 is 8.81 Å². The molecule has 0 spiro atoms. The van der Waals surface area contributed by atoms with Gasteiger partial charge in [0.25, 0.3) is 0 Å². The largest absolute Gasteiger partial charge is 0.444 e. The third-order valence-corrected chi connectivity index (χ3v) is 3.96. The molecule has 0 aliphatic carbocycles. The Morgan fingerprint density at radius 1 is 1.07 bits per heavy atom. The number of oxazole rings is 1. The molecule has 7 heteroatoms. The summed E-state index contributed by atoms with van der Waals surface area (Å²) in [6, 6.07) is 14.4. The van der Waals surface area contributed by atoms with Crippen LogP contribution < -0.4 is 10.6 Å². The Morgan fingerprint density at radius 2 is 1.79 bits per heavy atom. The minimum atomic E-state index is -0.247. The fourth-order valence-electron chi connectivity index (χ4n) is 2.49. The lowest BCUT2D eigenvalue weighted by Crippen LogP contribution is -2.36. The maximum Gasteiger partial charge on any atom is 0.226 e. The number of hydrogen-bond donors (Lipinski definition) is 2. The number of nitrogens with one attached hydrogen (secondary N) is 2. The van der Waals surface area contributed by atoms with Crippen molar-refractivity contribution in [3.63, 3.8) is 0 Å². The monoisotopic (exact) mass is 494 g/mol. The molecule has 3 aromatic rings. The molecule has 2 aromatic carbocycles. The van der Waals surface area contributed by atoms with Crippen molar-refractivity contribution in [2.75, 3.05) is 6.54 Å². The normalized spacial score (nSPS) is 11.0. The molecule has 3 rings (SSSR count). The van der Waals surface area contributed by atoms with E-state index in [1.807, 2.05) is 38.1 Å². The van der Waals surface area contributed by atoms with Gasteiger partial charge in [0.1, 0.15) is 12.1 Å². The molecule has 0 unspecified atom stereocenters.